The van der Waals surface area contributed by atoms with Gasteiger partial charge in [0.05, 0.1) is 0 Å². The van der Waals surface area contributed by atoms with E-state index in [9.17, 15) is 0 Å². The third-order valence-corrected chi connectivity index (χ3v) is 4.77. The minimum atomic E-state index is 0.757. The number of hydrogen-bond donors (Lipinski definition) is 1. The first-order valence-electron chi connectivity index (χ1n) is 5.96. The molecule has 2 unspecified atom stereocenters. The van der Waals surface area contributed by atoms with Crippen molar-refractivity contribution in [1.29, 1.82) is 0 Å². The number of rotatable bonds is 3. The predicted octanol–water partition coefficient (Wildman–Crippen LogP) is 3.64. The highest BCUT2D eigenvalue weighted by Crippen LogP contribution is 2.26. The summed E-state index contributed by atoms with van der Waals surface area (Å²) in [5.41, 5.74) is 1.44. The molecule has 2 atom stereocenters. The Morgan fingerprint density at radius 1 is 1.40 bits per heavy atom. The van der Waals surface area contributed by atoms with E-state index in [-0.39, 0.29) is 0 Å². The summed E-state index contributed by atoms with van der Waals surface area (Å²) in [4.78, 5) is 2.95. The molecular weight excluding hydrogens is 202 g/mol. The molecule has 1 heterocycles. The lowest BCUT2D eigenvalue weighted by atomic mass is 10.1. The van der Waals surface area contributed by atoms with Crippen LogP contribution >= 0.6 is 11.3 Å². The van der Waals surface area contributed by atoms with E-state index in [0.29, 0.717) is 0 Å². The van der Waals surface area contributed by atoms with Crippen LogP contribution in [0.3, 0.4) is 0 Å². The second-order valence-electron chi connectivity index (χ2n) is 4.85. The number of thiophene rings is 1. The van der Waals surface area contributed by atoms with Crippen molar-refractivity contribution in [2.24, 2.45) is 5.92 Å². The standard InChI is InChI=1S/C13H21NS/c1-9-5-4-6-13(9)14-8-12-7-10(2)11(3)15-12/h7,9,13-14H,4-6,8H2,1-3H3. The van der Waals surface area contributed by atoms with Crippen LogP contribution < -0.4 is 5.32 Å². The second-order valence-corrected chi connectivity index (χ2v) is 6.19. The van der Waals surface area contributed by atoms with E-state index in [4.69, 9.17) is 0 Å². The van der Waals surface area contributed by atoms with Crippen molar-refractivity contribution in [1.82, 2.24) is 5.32 Å². The fourth-order valence-electron chi connectivity index (χ4n) is 2.42. The molecule has 1 aromatic heterocycles. The van der Waals surface area contributed by atoms with Crippen molar-refractivity contribution < 1.29 is 0 Å². The molecule has 1 aliphatic rings. The Kier molecular flexibility index (Phi) is 3.47. The van der Waals surface area contributed by atoms with Gasteiger partial charge in [-0.2, -0.15) is 0 Å². The molecule has 0 saturated heterocycles. The lowest BCUT2D eigenvalue weighted by Crippen LogP contribution is -2.30. The van der Waals surface area contributed by atoms with Crippen LogP contribution in [0.15, 0.2) is 6.07 Å². The molecule has 0 radical (unpaired) electrons. The van der Waals surface area contributed by atoms with Gasteiger partial charge < -0.3 is 5.32 Å². The van der Waals surface area contributed by atoms with Crippen molar-refractivity contribution in [3.8, 4) is 0 Å². The van der Waals surface area contributed by atoms with Crippen LogP contribution in [0, 0.1) is 19.8 Å². The molecule has 1 nitrogen and oxygen atoms in total. The first kappa shape index (κ1) is 11.2. The van der Waals surface area contributed by atoms with E-state index in [0.717, 1.165) is 18.5 Å². The van der Waals surface area contributed by atoms with Crippen molar-refractivity contribution in [2.45, 2.75) is 52.6 Å². The van der Waals surface area contributed by atoms with Gasteiger partial charge in [0, 0.05) is 22.3 Å². The molecule has 1 N–H and O–H groups in total. The Balaban J connectivity index is 1.87. The molecule has 1 aromatic rings. The molecular formula is C13H21NS. The lowest BCUT2D eigenvalue weighted by molar-refractivity contribution is 0.427. The summed E-state index contributed by atoms with van der Waals surface area (Å²) in [6.07, 6.45) is 4.17. The van der Waals surface area contributed by atoms with Crippen molar-refractivity contribution >= 4 is 11.3 Å². The zero-order chi connectivity index (χ0) is 10.8. The summed E-state index contributed by atoms with van der Waals surface area (Å²) >= 11 is 1.94. The van der Waals surface area contributed by atoms with Crippen LogP contribution in [0.5, 0.6) is 0 Å². The van der Waals surface area contributed by atoms with Gasteiger partial charge in [-0.05, 0) is 44.2 Å². The van der Waals surface area contributed by atoms with Crippen LogP contribution in [-0.2, 0) is 6.54 Å². The molecule has 15 heavy (non-hydrogen) atoms. The third-order valence-electron chi connectivity index (χ3n) is 3.62. The Labute approximate surface area is 96.9 Å². The topological polar surface area (TPSA) is 12.0 Å². The molecule has 0 bridgehead atoms. The SMILES string of the molecule is Cc1cc(CNC2CCCC2C)sc1C. The number of nitrogens with one attached hydrogen (secondary N) is 1. The zero-order valence-electron chi connectivity index (χ0n) is 9.97. The van der Waals surface area contributed by atoms with E-state index in [1.165, 1.54) is 34.6 Å². The first-order chi connectivity index (χ1) is 7.16. The molecule has 0 aromatic carbocycles. The average Bonchev–Trinajstić information content (AvgIpc) is 2.72. The van der Waals surface area contributed by atoms with Crippen LogP contribution in [0.25, 0.3) is 0 Å². The summed E-state index contributed by atoms with van der Waals surface area (Å²) in [7, 11) is 0. The first-order valence-corrected chi connectivity index (χ1v) is 6.78. The number of aryl methyl sites for hydroxylation is 2. The van der Waals surface area contributed by atoms with Gasteiger partial charge in [-0.1, -0.05) is 13.3 Å². The van der Waals surface area contributed by atoms with E-state index in [2.05, 4.69) is 32.2 Å². The Morgan fingerprint density at radius 2 is 2.20 bits per heavy atom. The van der Waals surface area contributed by atoms with Gasteiger partial charge >= 0.3 is 0 Å². The van der Waals surface area contributed by atoms with Gasteiger partial charge in [0.15, 0.2) is 0 Å². The van der Waals surface area contributed by atoms with Crippen LogP contribution in [0.1, 0.15) is 41.5 Å². The maximum Gasteiger partial charge on any atom is 0.0302 e. The summed E-state index contributed by atoms with van der Waals surface area (Å²) in [6, 6.07) is 3.08. The molecule has 2 rings (SSSR count). The maximum atomic E-state index is 3.70. The van der Waals surface area contributed by atoms with Gasteiger partial charge in [0.25, 0.3) is 0 Å². The van der Waals surface area contributed by atoms with Crippen LogP contribution in [0.4, 0.5) is 0 Å². The predicted molar refractivity (Wildman–Crippen MR) is 67.4 cm³/mol. The van der Waals surface area contributed by atoms with Gasteiger partial charge in [0.2, 0.25) is 0 Å². The van der Waals surface area contributed by atoms with E-state index in [1.807, 2.05) is 11.3 Å². The van der Waals surface area contributed by atoms with Crippen LogP contribution in [-0.4, -0.2) is 6.04 Å². The van der Waals surface area contributed by atoms with Gasteiger partial charge in [-0.25, -0.2) is 0 Å². The highest BCUT2D eigenvalue weighted by molar-refractivity contribution is 7.12. The van der Waals surface area contributed by atoms with Crippen molar-refractivity contribution in [3.05, 3.63) is 21.4 Å². The van der Waals surface area contributed by atoms with Gasteiger partial charge in [-0.3, -0.25) is 0 Å². The second kappa shape index (κ2) is 4.67. The van der Waals surface area contributed by atoms with Gasteiger partial charge in [-0.15, -0.1) is 11.3 Å². The minimum absolute atomic E-state index is 0.757. The van der Waals surface area contributed by atoms with Crippen molar-refractivity contribution in [3.63, 3.8) is 0 Å². The Morgan fingerprint density at radius 3 is 2.73 bits per heavy atom. The smallest absolute Gasteiger partial charge is 0.0302 e. The minimum Gasteiger partial charge on any atom is -0.309 e. The zero-order valence-corrected chi connectivity index (χ0v) is 10.8. The average molecular weight is 223 g/mol. The van der Waals surface area contributed by atoms with Crippen LogP contribution in [0.2, 0.25) is 0 Å². The van der Waals surface area contributed by atoms with E-state index in [1.54, 1.807) is 0 Å². The van der Waals surface area contributed by atoms with E-state index < -0.39 is 0 Å². The molecule has 1 saturated carbocycles. The summed E-state index contributed by atoms with van der Waals surface area (Å²) in [5, 5.41) is 3.70. The Bertz CT molecular complexity index is 310. The van der Waals surface area contributed by atoms with E-state index >= 15 is 0 Å². The van der Waals surface area contributed by atoms with Crippen molar-refractivity contribution in [2.75, 3.05) is 0 Å². The summed E-state index contributed by atoms with van der Waals surface area (Å²) < 4.78 is 0. The maximum absolute atomic E-state index is 3.70. The highest BCUT2D eigenvalue weighted by atomic mass is 32.1. The quantitative estimate of drug-likeness (QED) is 0.825. The molecule has 1 aliphatic carbocycles. The normalized spacial score (nSPS) is 26.1. The molecule has 0 spiro atoms. The third kappa shape index (κ3) is 2.61. The Hall–Kier alpha value is -0.340. The van der Waals surface area contributed by atoms with Gasteiger partial charge in [0.1, 0.15) is 0 Å². The number of hydrogen-bond acceptors (Lipinski definition) is 2. The summed E-state index contributed by atoms with van der Waals surface area (Å²) in [6.45, 7) is 7.85. The fraction of sp³-hybridized carbons (Fsp3) is 0.692. The summed E-state index contributed by atoms with van der Waals surface area (Å²) in [5.74, 6) is 0.868. The molecule has 1 fully saturated rings. The molecule has 0 aliphatic heterocycles. The lowest BCUT2D eigenvalue weighted by Gasteiger charge is -2.16. The largest absolute Gasteiger partial charge is 0.309 e. The highest BCUT2D eigenvalue weighted by Gasteiger charge is 2.22. The monoisotopic (exact) mass is 223 g/mol. The molecule has 0 amide bonds. The molecule has 2 heteroatoms. The fourth-order valence-corrected chi connectivity index (χ4v) is 3.42. The molecule has 84 valence electrons.